The van der Waals surface area contributed by atoms with Gasteiger partial charge in [0.15, 0.2) is 0 Å². The Bertz CT molecular complexity index is 970. The number of anilines is 1. The van der Waals surface area contributed by atoms with Crippen LogP contribution in [0.25, 0.3) is 5.57 Å². The van der Waals surface area contributed by atoms with Crippen molar-refractivity contribution < 1.29 is 23.5 Å². The van der Waals surface area contributed by atoms with Crippen LogP contribution in [0.2, 0.25) is 0 Å². The minimum absolute atomic E-state index is 0.0193. The van der Waals surface area contributed by atoms with Gasteiger partial charge in [0.1, 0.15) is 17.3 Å². The maximum atomic E-state index is 13.7. The number of carbonyl (C=O) groups excluding carboxylic acids is 2. The quantitative estimate of drug-likeness (QED) is 0.455. The Morgan fingerprint density at radius 3 is 2.45 bits per heavy atom. The molecule has 1 N–H and O–H groups in total. The third-order valence-electron chi connectivity index (χ3n) is 4.65. The van der Waals surface area contributed by atoms with Gasteiger partial charge in [-0.1, -0.05) is 18.2 Å². The van der Waals surface area contributed by atoms with Gasteiger partial charge in [0.25, 0.3) is 11.8 Å². The molecule has 0 spiro atoms. The molecule has 31 heavy (non-hydrogen) atoms. The maximum absolute atomic E-state index is 13.7. The molecule has 1 aliphatic rings. The van der Waals surface area contributed by atoms with Crippen LogP contribution in [-0.4, -0.2) is 42.6 Å². The Morgan fingerprint density at radius 1 is 1.06 bits per heavy atom. The molecule has 1 heterocycles. The number of amides is 2. The second-order valence-electron chi connectivity index (χ2n) is 7.39. The molecule has 0 unspecified atom stereocenters. The molecule has 0 aromatic heterocycles. The van der Waals surface area contributed by atoms with Gasteiger partial charge in [0.2, 0.25) is 0 Å². The molecule has 0 saturated heterocycles. The fourth-order valence-electron chi connectivity index (χ4n) is 3.31. The van der Waals surface area contributed by atoms with Crippen LogP contribution in [0.4, 0.5) is 10.1 Å². The predicted octanol–water partition coefficient (Wildman–Crippen LogP) is 4.23. The van der Waals surface area contributed by atoms with Gasteiger partial charge in [-0.2, -0.15) is 0 Å². The van der Waals surface area contributed by atoms with Gasteiger partial charge in [-0.3, -0.25) is 14.5 Å². The lowest BCUT2D eigenvalue weighted by Crippen LogP contribution is -2.34. The Morgan fingerprint density at radius 2 is 1.81 bits per heavy atom. The van der Waals surface area contributed by atoms with Crippen molar-refractivity contribution in [1.29, 1.82) is 0 Å². The van der Waals surface area contributed by atoms with E-state index in [1.165, 1.54) is 23.1 Å². The van der Waals surface area contributed by atoms with Crippen molar-refractivity contribution in [3.05, 3.63) is 65.6 Å². The number of rotatable bonds is 10. The molecule has 0 atom stereocenters. The molecule has 0 fully saturated rings. The molecule has 7 heteroatoms. The molecule has 2 aromatic rings. The van der Waals surface area contributed by atoms with Crippen LogP contribution in [0.15, 0.2) is 54.2 Å². The van der Waals surface area contributed by atoms with E-state index in [9.17, 15) is 14.0 Å². The van der Waals surface area contributed by atoms with Crippen molar-refractivity contribution in [2.45, 2.75) is 33.3 Å². The number of halogens is 1. The number of hydrogen-bond acceptors (Lipinski definition) is 5. The van der Waals surface area contributed by atoms with E-state index in [1.54, 1.807) is 30.3 Å². The predicted molar refractivity (Wildman–Crippen MR) is 117 cm³/mol. The number of carbonyl (C=O) groups is 2. The van der Waals surface area contributed by atoms with E-state index >= 15 is 0 Å². The Hall–Kier alpha value is -3.19. The summed E-state index contributed by atoms with van der Waals surface area (Å²) in [4.78, 5) is 27.5. The highest BCUT2D eigenvalue weighted by Crippen LogP contribution is 2.31. The van der Waals surface area contributed by atoms with Crippen molar-refractivity contribution in [1.82, 2.24) is 4.90 Å². The third kappa shape index (κ3) is 5.49. The monoisotopic (exact) mass is 426 g/mol. The molecular weight excluding hydrogens is 399 g/mol. The fraction of sp³-hybridized carbons (Fsp3) is 0.333. The van der Waals surface area contributed by atoms with Crippen LogP contribution in [0.3, 0.4) is 0 Å². The average molecular weight is 426 g/mol. The molecule has 0 radical (unpaired) electrons. The highest BCUT2D eigenvalue weighted by Gasteiger charge is 2.38. The summed E-state index contributed by atoms with van der Waals surface area (Å²) in [6.45, 7) is 7.01. The second-order valence-corrected chi connectivity index (χ2v) is 7.39. The molecule has 0 saturated carbocycles. The minimum Gasteiger partial charge on any atom is -0.491 e. The van der Waals surface area contributed by atoms with Gasteiger partial charge in [0, 0.05) is 25.4 Å². The molecule has 3 rings (SSSR count). The fourth-order valence-corrected chi connectivity index (χ4v) is 3.31. The number of ether oxygens (including phenoxy) is 2. The smallest absolute Gasteiger partial charge is 0.278 e. The number of hydrogen-bond donors (Lipinski definition) is 1. The zero-order chi connectivity index (χ0) is 22.4. The van der Waals surface area contributed by atoms with E-state index in [0.29, 0.717) is 36.6 Å². The van der Waals surface area contributed by atoms with Crippen LogP contribution in [0.5, 0.6) is 5.75 Å². The topological polar surface area (TPSA) is 67.9 Å². The van der Waals surface area contributed by atoms with Crippen LogP contribution in [0.1, 0.15) is 32.8 Å². The third-order valence-corrected chi connectivity index (χ3v) is 4.65. The molecule has 0 bridgehead atoms. The van der Waals surface area contributed by atoms with E-state index in [1.807, 2.05) is 20.8 Å². The maximum Gasteiger partial charge on any atom is 0.278 e. The first-order chi connectivity index (χ1) is 14.9. The molecular formula is C24H27FN2O4. The minimum atomic E-state index is -0.441. The number of nitrogens with one attached hydrogen (secondary N) is 1. The first-order valence-corrected chi connectivity index (χ1v) is 10.4. The van der Waals surface area contributed by atoms with Gasteiger partial charge in [0.05, 0.1) is 11.7 Å². The molecule has 6 nitrogen and oxygen atoms in total. The second kappa shape index (κ2) is 10.2. The zero-order valence-corrected chi connectivity index (χ0v) is 18.0. The lowest BCUT2D eigenvalue weighted by atomic mass is 10.0. The van der Waals surface area contributed by atoms with E-state index < -0.39 is 17.6 Å². The summed E-state index contributed by atoms with van der Waals surface area (Å²) in [5, 5.41) is 2.95. The van der Waals surface area contributed by atoms with Gasteiger partial charge >= 0.3 is 0 Å². The molecule has 2 amide bonds. The van der Waals surface area contributed by atoms with Crippen molar-refractivity contribution in [2.75, 3.05) is 25.1 Å². The van der Waals surface area contributed by atoms with Crippen LogP contribution in [-0.2, 0) is 14.3 Å². The van der Waals surface area contributed by atoms with Crippen LogP contribution >= 0.6 is 0 Å². The number of imide groups is 1. The van der Waals surface area contributed by atoms with Crippen LogP contribution < -0.4 is 10.1 Å². The summed E-state index contributed by atoms with van der Waals surface area (Å²) in [5.41, 5.74) is 1.36. The largest absolute Gasteiger partial charge is 0.491 e. The number of benzene rings is 2. The summed E-state index contributed by atoms with van der Waals surface area (Å²) >= 11 is 0. The van der Waals surface area contributed by atoms with Gasteiger partial charge < -0.3 is 14.8 Å². The standard InChI is InChI=1S/C24H27FN2O4/c1-4-30-14-6-13-27-23(28)21(17-9-11-20(12-10-17)31-16(2)3)22(24(27)29)26-19-8-5-7-18(25)15-19/h5,7-12,15-16,26H,4,6,13-14H2,1-3H3. The summed E-state index contributed by atoms with van der Waals surface area (Å²) in [6.07, 6.45) is 0.554. The summed E-state index contributed by atoms with van der Waals surface area (Å²) < 4.78 is 24.6. The molecule has 164 valence electrons. The Labute approximate surface area is 181 Å². The zero-order valence-electron chi connectivity index (χ0n) is 18.0. The summed E-state index contributed by atoms with van der Waals surface area (Å²) in [5.74, 6) is -0.599. The Kier molecular flexibility index (Phi) is 7.41. The first kappa shape index (κ1) is 22.5. The molecule has 1 aliphatic heterocycles. The summed E-state index contributed by atoms with van der Waals surface area (Å²) in [6, 6.07) is 12.8. The molecule has 2 aromatic carbocycles. The lowest BCUT2D eigenvalue weighted by molar-refractivity contribution is -0.137. The van der Waals surface area contributed by atoms with Gasteiger partial charge in [-0.15, -0.1) is 0 Å². The average Bonchev–Trinajstić information content (AvgIpc) is 2.95. The van der Waals surface area contributed by atoms with Crippen molar-refractivity contribution in [2.24, 2.45) is 0 Å². The van der Waals surface area contributed by atoms with Crippen molar-refractivity contribution in [3.63, 3.8) is 0 Å². The van der Waals surface area contributed by atoms with Crippen LogP contribution in [0, 0.1) is 5.82 Å². The van der Waals surface area contributed by atoms with E-state index in [2.05, 4.69) is 5.32 Å². The van der Waals surface area contributed by atoms with Crippen molar-refractivity contribution >= 4 is 23.1 Å². The SMILES string of the molecule is CCOCCCN1C(=O)C(Nc2cccc(F)c2)=C(c2ccc(OC(C)C)cc2)C1=O. The van der Waals surface area contributed by atoms with E-state index in [4.69, 9.17) is 9.47 Å². The summed E-state index contributed by atoms with van der Waals surface area (Å²) in [7, 11) is 0. The first-order valence-electron chi connectivity index (χ1n) is 10.4. The lowest BCUT2D eigenvalue weighted by Gasteiger charge is -2.15. The Balaban J connectivity index is 1.92. The van der Waals surface area contributed by atoms with E-state index in [-0.39, 0.29) is 23.9 Å². The molecule has 0 aliphatic carbocycles. The normalized spacial score (nSPS) is 14.0. The van der Waals surface area contributed by atoms with Gasteiger partial charge in [-0.05, 0) is 63.1 Å². The van der Waals surface area contributed by atoms with E-state index in [0.717, 1.165) is 0 Å². The van der Waals surface area contributed by atoms with Gasteiger partial charge in [-0.25, -0.2) is 4.39 Å². The highest BCUT2D eigenvalue weighted by atomic mass is 19.1. The number of nitrogens with zero attached hydrogens (tertiary/aromatic N) is 1. The van der Waals surface area contributed by atoms with Crippen molar-refractivity contribution in [3.8, 4) is 5.75 Å². The highest BCUT2D eigenvalue weighted by molar-refractivity contribution is 6.36.